The molecule has 0 aromatic carbocycles. The van der Waals surface area contributed by atoms with E-state index in [9.17, 15) is 4.79 Å². The minimum atomic E-state index is -0.309. The smallest absolute Gasteiger partial charge is 0.225 e. The van der Waals surface area contributed by atoms with E-state index in [0.29, 0.717) is 6.54 Å². The van der Waals surface area contributed by atoms with E-state index < -0.39 is 0 Å². The number of rotatable bonds is 3. The Bertz CT molecular complexity index is 283. The summed E-state index contributed by atoms with van der Waals surface area (Å²) in [7, 11) is 0. The maximum atomic E-state index is 11.5. The third kappa shape index (κ3) is 3.24. The average Bonchev–Trinajstić information content (AvgIpc) is 2.55. The topological polar surface area (TPSA) is 42.2 Å². The number of amides is 1. The Morgan fingerprint density at radius 2 is 2.21 bits per heavy atom. The van der Waals surface area contributed by atoms with Gasteiger partial charge in [-0.2, -0.15) is 0 Å². The molecule has 0 aliphatic heterocycles. The summed E-state index contributed by atoms with van der Waals surface area (Å²) in [6, 6.07) is 1.91. The van der Waals surface area contributed by atoms with E-state index in [-0.39, 0.29) is 11.3 Å². The Hall–Kier alpha value is -1.25. The van der Waals surface area contributed by atoms with Gasteiger partial charge in [-0.1, -0.05) is 20.8 Å². The van der Waals surface area contributed by atoms with Gasteiger partial charge < -0.3 is 9.73 Å². The van der Waals surface area contributed by atoms with E-state index in [4.69, 9.17) is 4.42 Å². The quantitative estimate of drug-likeness (QED) is 0.801. The molecule has 0 aliphatic carbocycles. The minimum Gasteiger partial charge on any atom is -0.472 e. The second kappa shape index (κ2) is 4.31. The lowest BCUT2D eigenvalue weighted by atomic mass is 9.96. The van der Waals surface area contributed by atoms with Gasteiger partial charge in [0.25, 0.3) is 0 Å². The van der Waals surface area contributed by atoms with Crippen LogP contribution in [0.25, 0.3) is 0 Å². The Morgan fingerprint density at radius 3 is 2.71 bits per heavy atom. The lowest BCUT2D eigenvalue weighted by Crippen LogP contribution is -2.35. The molecule has 0 saturated carbocycles. The highest BCUT2D eigenvalue weighted by Gasteiger charge is 2.20. The standard InChI is InChI=1S/C11H17NO2/c1-11(2,3)10(13)12-6-4-9-5-7-14-8-9/h5,7-8H,4,6H2,1-3H3,(H,12,13). The molecule has 0 unspecified atom stereocenters. The van der Waals surface area contributed by atoms with Gasteiger partial charge in [-0.25, -0.2) is 0 Å². The van der Waals surface area contributed by atoms with Crippen molar-refractivity contribution in [2.24, 2.45) is 5.41 Å². The summed E-state index contributed by atoms with van der Waals surface area (Å²) >= 11 is 0. The summed E-state index contributed by atoms with van der Waals surface area (Å²) in [4.78, 5) is 11.5. The normalized spacial score (nSPS) is 11.4. The predicted molar refractivity (Wildman–Crippen MR) is 54.9 cm³/mol. The fraction of sp³-hybridized carbons (Fsp3) is 0.545. The molecule has 78 valence electrons. The molecule has 0 bridgehead atoms. The maximum absolute atomic E-state index is 11.5. The van der Waals surface area contributed by atoms with Crippen molar-refractivity contribution in [3.63, 3.8) is 0 Å². The number of hydrogen-bond donors (Lipinski definition) is 1. The van der Waals surface area contributed by atoms with Gasteiger partial charge in [0.1, 0.15) is 0 Å². The van der Waals surface area contributed by atoms with Crippen molar-refractivity contribution in [2.75, 3.05) is 6.54 Å². The first-order chi connectivity index (χ1) is 6.50. The SMILES string of the molecule is CC(C)(C)C(=O)NCCc1ccoc1. The van der Waals surface area contributed by atoms with Crippen LogP contribution in [-0.4, -0.2) is 12.5 Å². The summed E-state index contributed by atoms with van der Waals surface area (Å²) in [5.41, 5.74) is 0.801. The van der Waals surface area contributed by atoms with Crippen molar-refractivity contribution in [3.8, 4) is 0 Å². The van der Waals surface area contributed by atoms with E-state index in [2.05, 4.69) is 5.32 Å². The molecular weight excluding hydrogens is 178 g/mol. The summed E-state index contributed by atoms with van der Waals surface area (Å²) in [5.74, 6) is 0.0843. The van der Waals surface area contributed by atoms with Crippen molar-refractivity contribution >= 4 is 5.91 Å². The Morgan fingerprint density at radius 1 is 1.50 bits per heavy atom. The van der Waals surface area contributed by atoms with Crippen LogP contribution < -0.4 is 5.32 Å². The number of carbonyl (C=O) groups excluding carboxylic acids is 1. The zero-order chi connectivity index (χ0) is 10.6. The zero-order valence-corrected chi connectivity index (χ0v) is 8.96. The Balaban J connectivity index is 2.26. The van der Waals surface area contributed by atoms with Crippen molar-refractivity contribution < 1.29 is 9.21 Å². The number of furan rings is 1. The molecule has 1 amide bonds. The van der Waals surface area contributed by atoms with Gasteiger partial charge >= 0.3 is 0 Å². The third-order valence-electron chi connectivity index (χ3n) is 1.96. The molecule has 0 saturated heterocycles. The number of hydrogen-bond acceptors (Lipinski definition) is 2. The zero-order valence-electron chi connectivity index (χ0n) is 8.96. The molecule has 0 atom stereocenters. The minimum absolute atomic E-state index is 0.0843. The highest BCUT2D eigenvalue weighted by atomic mass is 16.3. The van der Waals surface area contributed by atoms with Crippen molar-refractivity contribution in [1.82, 2.24) is 5.32 Å². The summed E-state index contributed by atoms with van der Waals surface area (Å²) < 4.78 is 4.93. The third-order valence-corrected chi connectivity index (χ3v) is 1.96. The van der Waals surface area contributed by atoms with Crippen LogP contribution in [0.1, 0.15) is 26.3 Å². The lowest BCUT2D eigenvalue weighted by Gasteiger charge is -2.17. The first-order valence-corrected chi connectivity index (χ1v) is 4.79. The fourth-order valence-electron chi connectivity index (χ4n) is 1.02. The van der Waals surface area contributed by atoms with E-state index in [1.54, 1.807) is 12.5 Å². The molecule has 14 heavy (non-hydrogen) atoms. The number of nitrogens with one attached hydrogen (secondary N) is 1. The Kier molecular flexibility index (Phi) is 3.33. The van der Waals surface area contributed by atoms with E-state index in [0.717, 1.165) is 12.0 Å². The molecule has 1 aromatic rings. The molecule has 0 radical (unpaired) electrons. The second-order valence-corrected chi connectivity index (χ2v) is 4.39. The predicted octanol–water partition coefficient (Wildman–Crippen LogP) is 1.98. The van der Waals surface area contributed by atoms with Gasteiger partial charge in [0.2, 0.25) is 5.91 Å². The van der Waals surface area contributed by atoms with E-state index >= 15 is 0 Å². The average molecular weight is 195 g/mol. The molecule has 0 spiro atoms. The van der Waals surface area contributed by atoms with Gasteiger partial charge in [-0.3, -0.25) is 4.79 Å². The van der Waals surface area contributed by atoms with Crippen molar-refractivity contribution in [2.45, 2.75) is 27.2 Å². The fourth-order valence-corrected chi connectivity index (χ4v) is 1.02. The van der Waals surface area contributed by atoms with Gasteiger partial charge in [-0.15, -0.1) is 0 Å². The Labute approximate surface area is 84.5 Å². The highest BCUT2D eigenvalue weighted by Crippen LogP contribution is 2.12. The van der Waals surface area contributed by atoms with Crippen LogP contribution in [-0.2, 0) is 11.2 Å². The van der Waals surface area contributed by atoms with Crippen LogP contribution in [0.15, 0.2) is 23.0 Å². The van der Waals surface area contributed by atoms with E-state index in [1.165, 1.54) is 0 Å². The van der Waals surface area contributed by atoms with Crippen molar-refractivity contribution in [1.29, 1.82) is 0 Å². The van der Waals surface area contributed by atoms with E-state index in [1.807, 2.05) is 26.8 Å². The maximum Gasteiger partial charge on any atom is 0.225 e. The molecule has 0 fully saturated rings. The molecule has 1 rings (SSSR count). The molecule has 1 N–H and O–H groups in total. The summed E-state index contributed by atoms with van der Waals surface area (Å²) in [5, 5.41) is 2.88. The van der Waals surface area contributed by atoms with Crippen LogP contribution in [0.5, 0.6) is 0 Å². The largest absolute Gasteiger partial charge is 0.472 e. The van der Waals surface area contributed by atoms with Crippen LogP contribution in [0, 0.1) is 5.41 Å². The molecule has 0 aliphatic rings. The molecule has 1 heterocycles. The number of carbonyl (C=O) groups is 1. The molecule has 3 heteroatoms. The van der Waals surface area contributed by atoms with Gasteiger partial charge in [-0.05, 0) is 18.1 Å². The lowest BCUT2D eigenvalue weighted by molar-refractivity contribution is -0.128. The van der Waals surface area contributed by atoms with Gasteiger partial charge in [0.05, 0.1) is 12.5 Å². The summed E-state index contributed by atoms with van der Waals surface area (Å²) in [6.45, 7) is 6.37. The second-order valence-electron chi connectivity index (χ2n) is 4.39. The molecular formula is C11H17NO2. The van der Waals surface area contributed by atoms with Crippen LogP contribution in [0.2, 0.25) is 0 Å². The van der Waals surface area contributed by atoms with Crippen LogP contribution >= 0.6 is 0 Å². The van der Waals surface area contributed by atoms with Gasteiger partial charge in [0.15, 0.2) is 0 Å². The summed E-state index contributed by atoms with van der Waals surface area (Å²) in [6.07, 6.45) is 4.16. The first-order valence-electron chi connectivity index (χ1n) is 4.79. The van der Waals surface area contributed by atoms with Crippen LogP contribution in [0.3, 0.4) is 0 Å². The van der Waals surface area contributed by atoms with Gasteiger partial charge in [0, 0.05) is 12.0 Å². The van der Waals surface area contributed by atoms with Crippen LogP contribution in [0.4, 0.5) is 0 Å². The molecule has 3 nitrogen and oxygen atoms in total. The highest BCUT2D eigenvalue weighted by molar-refractivity contribution is 5.81. The molecule has 1 aromatic heterocycles. The monoisotopic (exact) mass is 195 g/mol. The van der Waals surface area contributed by atoms with Crippen molar-refractivity contribution in [3.05, 3.63) is 24.2 Å². The first kappa shape index (κ1) is 10.8.